The SMILES string of the molecule is CC1CS(=O)(=O)CCN1C(=O)NC1CC(c2ccccc2)C1. The molecule has 1 saturated heterocycles. The quantitative estimate of drug-likeness (QED) is 0.902. The molecule has 1 aliphatic carbocycles. The summed E-state index contributed by atoms with van der Waals surface area (Å²) in [5, 5.41) is 3.04. The fourth-order valence-corrected chi connectivity index (χ4v) is 4.85. The van der Waals surface area contributed by atoms with Crippen molar-refractivity contribution in [3.8, 4) is 0 Å². The van der Waals surface area contributed by atoms with Crippen molar-refractivity contribution in [1.29, 1.82) is 0 Å². The van der Waals surface area contributed by atoms with Crippen LogP contribution in [-0.4, -0.2) is 49.5 Å². The van der Waals surface area contributed by atoms with Gasteiger partial charge in [0.2, 0.25) is 0 Å². The highest BCUT2D eigenvalue weighted by atomic mass is 32.2. The Kier molecular flexibility index (Phi) is 4.12. The number of sulfone groups is 1. The predicted molar refractivity (Wildman–Crippen MR) is 85.6 cm³/mol. The molecule has 2 amide bonds. The highest BCUT2D eigenvalue weighted by Crippen LogP contribution is 2.36. The number of nitrogens with zero attached hydrogens (tertiary/aromatic N) is 1. The molecular formula is C16H22N2O3S. The standard InChI is InChI=1S/C16H22N2O3S/c1-12-11-22(20,21)8-7-18(12)16(19)17-15-9-14(10-15)13-5-3-2-4-6-13/h2-6,12,14-15H,7-11H2,1H3,(H,17,19). The van der Waals surface area contributed by atoms with Crippen LogP contribution in [0.15, 0.2) is 30.3 Å². The first kappa shape index (κ1) is 15.3. The van der Waals surface area contributed by atoms with Gasteiger partial charge in [-0.1, -0.05) is 30.3 Å². The van der Waals surface area contributed by atoms with Gasteiger partial charge in [0.25, 0.3) is 0 Å². The zero-order chi connectivity index (χ0) is 15.7. The minimum atomic E-state index is -2.98. The van der Waals surface area contributed by atoms with Crippen LogP contribution in [-0.2, 0) is 9.84 Å². The first-order valence-corrected chi connectivity index (χ1v) is 9.59. The maximum absolute atomic E-state index is 12.3. The minimum Gasteiger partial charge on any atom is -0.335 e. The molecule has 1 aromatic rings. The van der Waals surface area contributed by atoms with E-state index in [1.54, 1.807) is 11.8 Å². The van der Waals surface area contributed by atoms with Crippen molar-refractivity contribution in [2.24, 2.45) is 0 Å². The van der Waals surface area contributed by atoms with Crippen LogP contribution in [0.25, 0.3) is 0 Å². The van der Waals surface area contributed by atoms with Crippen LogP contribution in [0.1, 0.15) is 31.2 Å². The summed E-state index contributed by atoms with van der Waals surface area (Å²) in [6.45, 7) is 2.09. The molecule has 0 bridgehead atoms. The van der Waals surface area contributed by atoms with Crippen LogP contribution in [0.3, 0.4) is 0 Å². The number of carbonyl (C=O) groups is 1. The second-order valence-electron chi connectivity index (χ2n) is 6.38. The van der Waals surface area contributed by atoms with E-state index >= 15 is 0 Å². The van der Waals surface area contributed by atoms with Crippen molar-refractivity contribution in [3.63, 3.8) is 0 Å². The molecule has 1 unspecified atom stereocenters. The van der Waals surface area contributed by atoms with E-state index in [9.17, 15) is 13.2 Å². The summed E-state index contributed by atoms with van der Waals surface area (Å²) >= 11 is 0. The van der Waals surface area contributed by atoms with E-state index in [0.29, 0.717) is 12.5 Å². The third kappa shape index (κ3) is 3.27. The maximum atomic E-state index is 12.3. The van der Waals surface area contributed by atoms with Gasteiger partial charge in [0.15, 0.2) is 9.84 Å². The van der Waals surface area contributed by atoms with E-state index in [2.05, 4.69) is 17.4 Å². The number of hydrogen-bond donors (Lipinski definition) is 1. The molecule has 2 aliphatic rings. The molecule has 1 saturated carbocycles. The Morgan fingerprint density at radius 2 is 1.91 bits per heavy atom. The van der Waals surface area contributed by atoms with Gasteiger partial charge < -0.3 is 10.2 Å². The average molecular weight is 322 g/mol. The lowest BCUT2D eigenvalue weighted by atomic mass is 9.76. The van der Waals surface area contributed by atoms with Crippen LogP contribution in [0, 0.1) is 0 Å². The van der Waals surface area contributed by atoms with E-state index < -0.39 is 9.84 Å². The number of carbonyl (C=O) groups excluding carboxylic acids is 1. The van der Waals surface area contributed by atoms with Gasteiger partial charge in [-0.15, -0.1) is 0 Å². The normalized spacial score (nSPS) is 30.4. The molecule has 0 spiro atoms. The van der Waals surface area contributed by atoms with E-state index in [4.69, 9.17) is 0 Å². The van der Waals surface area contributed by atoms with E-state index in [1.165, 1.54) is 5.56 Å². The van der Waals surface area contributed by atoms with Gasteiger partial charge in [-0.2, -0.15) is 0 Å². The monoisotopic (exact) mass is 322 g/mol. The second-order valence-corrected chi connectivity index (χ2v) is 8.61. The topological polar surface area (TPSA) is 66.5 Å². The van der Waals surface area contributed by atoms with Gasteiger partial charge in [-0.05, 0) is 31.2 Å². The average Bonchev–Trinajstić information content (AvgIpc) is 2.42. The number of hydrogen-bond acceptors (Lipinski definition) is 3. The van der Waals surface area contributed by atoms with Crippen LogP contribution in [0.5, 0.6) is 0 Å². The van der Waals surface area contributed by atoms with Gasteiger partial charge in [0.1, 0.15) is 0 Å². The molecule has 0 radical (unpaired) electrons. The van der Waals surface area contributed by atoms with Gasteiger partial charge in [-0.3, -0.25) is 0 Å². The Bertz CT molecular complexity index is 639. The van der Waals surface area contributed by atoms with Crippen molar-refractivity contribution >= 4 is 15.9 Å². The zero-order valence-electron chi connectivity index (χ0n) is 12.7. The fraction of sp³-hybridized carbons (Fsp3) is 0.562. The highest BCUT2D eigenvalue weighted by molar-refractivity contribution is 7.91. The molecule has 5 nitrogen and oxygen atoms in total. The summed E-state index contributed by atoms with van der Waals surface area (Å²) in [5.41, 5.74) is 1.32. The van der Waals surface area contributed by atoms with E-state index in [1.807, 2.05) is 18.2 Å². The summed E-state index contributed by atoms with van der Waals surface area (Å²) in [5.74, 6) is 0.658. The van der Waals surface area contributed by atoms with E-state index in [0.717, 1.165) is 12.8 Å². The molecule has 1 heterocycles. The number of nitrogens with one attached hydrogen (secondary N) is 1. The van der Waals surface area contributed by atoms with Gasteiger partial charge >= 0.3 is 6.03 Å². The number of benzene rings is 1. The zero-order valence-corrected chi connectivity index (χ0v) is 13.6. The molecular weight excluding hydrogens is 300 g/mol. The maximum Gasteiger partial charge on any atom is 0.317 e. The molecule has 1 atom stereocenters. The van der Waals surface area contributed by atoms with Crippen LogP contribution >= 0.6 is 0 Å². The highest BCUT2D eigenvalue weighted by Gasteiger charge is 2.35. The summed E-state index contributed by atoms with van der Waals surface area (Å²) in [7, 11) is -2.98. The molecule has 0 aromatic heterocycles. The van der Waals surface area contributed by atoms with Gasteiger partial charge in [-0.25, -0.2) is 13.2 Å². The smallest absolute Gasteiger partial charge is 0.317 e. The third-order valence-corrected chi connectivity index (χ3v) is 6.46. The lowest BCUT2D eigenvalue weighted by molar-refractivity contribution is 0.171. The number of rotatable bonds is 2. The molecule has 120 valence electrons. The molecule has 3 rings (SSSR count). The number of urea groups is 1. The molecule has 1 aliphatic heterocycles. The fourth-order valence-electron chi connectivity index (χ4n) is 3.29. The first-order chi connectivity index (χ1) is 10.4. The van der Waals surface area contributed by atoms with Crippen molar-refractivity contribution in [2.75, 3.05) is 18.1 Å². The van der Waals surface area contributed by atoms with Crippen LogP contribution in [0.2, 0.25) is 0 Å². The Labute approximate surface area is 131 Å². The summed E-state index contributed by atoms with van der Waals surface area (Å²) in [4.78, 5) is 13.9. The summed E-state index contributed by atoms with van der Waals surface area (Å²) in [6.07, 6.45) is 1.91. The largest absolute Gasteiger partial charge is 0.335 e. The Morgan fingerprint density at radius 1 is 1.23 bits per heavy atom. The number of amides is 2. The van der Waals surface area contributed by atoms with Crippen molar-refractivity contribution < 1.29 is 13.2 Å². The van der Waals surface area contributed by atoms with E-state index in [-0.39, 0.29) is 29.6 Å². The van der Waals surface area contributed by atoms with Crippen molar-refractivity contribution in [3.05, 3.63) is 35.9 Å². The van der Waals surface area contributed by atoms with Crippen molar-refractivity contribution in [2.45, 2.75) is 37.8 Å². The Hall–Kier alpha value is -1.56. The Morgan fingerprint density at radius 3 is 2.55 bits per heavy atom. The van der Waals surface area contributed by atoms with Crippen LogP contribution < -0.4 is 5.32 Å². The summed E-state index contributed by atoms with van der Waals surface area (Å²) in [6, 6.07) is 10.2. The van der Waals surface area contributed by atoms with Gasteiger partial charge in [0, 0.05) is 18.6 Å². The second kappa shape index (κ2) is 5.91. The lowest BCUT2D eigenvalue weighted by Crippen LogP contribution is -2.56. The predicted octanol–water partition coefficient (Wildman–Crippen LogP) is 1.76. The molecule has 1 N–H and O–H groups in total. The lowest BCUT2D eigenvalue weighted by Gasteiger charge is -2.39. The minimum absolute atomic E-state index is 0.0672. The Balaban J connectivity index is 1.50. The molecule has 2 fully saturated rings. The van der Waals surface area contributed by atoms with Gasteiger partial charge in [0.05, 0.1) is 11.5 Å². The molecule has 6 heteroatoms. The van der Waals surface area contributed by atoms with Crippen molar-refractivity contribution in [1.82, 2.24) is 10.2 Å². The van der Waals surface area contributed by atoms with Crippen LogP contribution in [0.4, 0.5) is 4.79 Å². The molecule has 22 heavy (non-hydrogen) atoms. The third-order valence-electron chi connectivity index (χ3n) is 4.67. The summed E-state index contributed by atoms with van der Waals surface area (Å²) < 4.78 is 23.1. The first-order valence-electron chi connectivity index (χ1n) is 7.77. The molecule has 1 aromatic carbocycles.